The fourth-order valence-corrected chi connectivity index (χ4v) is 4.34. The molecule has 1 aromatic carbocycles. The summed E-state index contributed by atoms with van der Waals surface area (Å²) >= 11 is 0. The number of anilines is 2. The van der Waals surface area contributed by atoms with Crippen molar-refractivity contribution >= 4 is 22.9 Å². The van der Waals surface area contributed by atoms with Crippen LogP contribution < -0.4 is 10.2 Å². The molecule has 1 fully saturated rings. The average molecular weight is 398 g/mol. The van der Waals surface area contributed by atoms with Gasteiger partial charge in [-0.2, -0.15) is 5.26 Å². The molecule has 1 aliphatic carbocycles. The molecule has 6 heteroatoms. The Balaban J connectivity index is 1.73. The topological polar surface area (TPSA) is 78.2 Å². The number of hydrogen-bond donors (Lipinski definition) is 1. The van der Waals surface area contributed by atoms with Crippen molar-refractivity contribution in [3.8, 4) is 17.2 Å². The van der Waals surface area contributed by atoms with E-state index < -0.39 is 5.78 Å². The number of ether oxygens (including phenoxy) is 1. The Kier molecular flexibility index (Phi) is 4.41. The van der Waals surface area contributed by atoms with E-state index in [1.54, 1.807) is 6.07 Å². The number of aromatic nitrogens is 1. The number of allylic oxidation sites excluding steroid dienone is 2. The summed E-state index contributed by atoms with van der Waals surface area (Å²) in [6, 6.07) is 8.24. The van der Waals surface area contributed by atoms with E-state index in [1.165, 1.54) is 5.56 Å². The molecule has 150 valence electrons. The Bertz CT molecular complexity index is 1150. The molecule has 6 nitrogen and oxygen atoms in total. The monoisotopic (exact) mass is 398 g/mol. The number of rotatable bonds is 3. The van der Waals surface area contributed by atoms with Crippen LogP contribution in [0, 0.1) is 11.3 Å². The summed E-state index contributed by atoms with van der Waals surface area (Å²) in [5, 5.41) is 12.3. The molecule has 0 atom stereocenters. The second kappa shape index (κ2) is 7.12. The molecule has 1 aromatic heterocycles. The van der Waals surface area contributed by atoms with Gasteiger partial charge in [-0.3, -0.25) is 4.79 Å². The number of nitrogens with one attached hydrogen (secondary N) is 1. The van der Waals surface area contributed by atoms with Gasteiger partial charge in [0.1, 0.15) is 11.9 Å². The van der Waals surface area contributed by atoms with Crippen molar-refractivity contribution in [3.63, 3.8) is 0 Å². The number of Topliss-reactive ketones (excluding diaryl/α,β-unsaturated/α-hetero) is 1. The maximum Gasteiger partial charge on any atom is 0.264 e. The first-order valence-electron chi connectivity index (χ1n) is 10.2. The average Bonchev–Trinajstić information content (AvgIpc) is 3.60. The molecule has 30 heavy (non-hydrogen) atoms. The smallest absolute Gasteiger partial charge is 0.264 e. The maximum absolute atomic E-state index is 12.2. The molecule has 1 saturated carbocycles. The number of carbonyl (C=O) groups excluding carboxylic acids is 1. The van der Waals surface area contributed by atoms with Crippen molar-refractivity contribution in [1.29, 1.82) is 5.26 Å². The quantitative estimate of drug-likeness (QED) is 0.792. The van der Waals surface area contributed by atoms with E-state index in [2.05, 4.69) is 33.9 Å². The summed E-state index contributed by atoms with van der Waals surface area (Å²) in [7, 11) is 1.87. The van der Waals surface area contributed by atoms with Gasteiger partial charge in [0.2, 0.25) is 0 Å². The maximum atomic E-state index is 12.2. The Morgan fingerprint density at radius 2 is 2.13 bits per heavy atom. The Labute approximate surface area is 175 Å². The van der Waals surface area contributed by atoms with Gasteiger partial charge in [0.15, 0.2) is 0 Å². The predicted octanol–water partition coefficient (Wildman–Crippen LogP) is 3.84. The minimum absolute atomic E-state index is 0.333. The standard InChI is InChI=1S/C24H22N4O2/c1-14-17-5-6-18-19-11-27-23(26-2)9-15(19)7-8-30-13-21(18)24(17)28(16-3-4-16)12-20(14)22(29)10-25/h5-6,9,11-12,16H,1,3-4,7-8,13H2,2H3,(H,26,27). The van der Waals surface area contributed by atoms with E-state index in [4.69, 9.17) is 4.74 Å². The number of hydrogen-bond acceptors (Lipinski definition) is 6. The van der Waals surface area contributed by atoms with Crippen molar-refractivity contribution in [2.45, 2.75) is 31.9 Å². The largest absolute Gasteiger partial charge is 0.376 e. The van der Waals surface area contributed by atoms with Gasteiger partial charge < -0.3 is 15.0 Å². The first kappa shape index (κ1) is 18.6. The molecule has 0 amide bonds. The first-order valence-corrected chi connectivity index (χ1v) is 10.2. The SMILES string of the molecule is C=C1C(C(=O)C#N)=CN(C2CC2)c2c1ccc1c2COCCc2cc(NC)ncc2-1. The fraction of sp³-hybridized carbons (Fsp3) is 0.292. The van der Waals surface area contributed by atoms with E-state index in [0.29, 0.717) is 30.4 Å². The van der Waals surface area contributed by atoms with Crippen LogP contribution in [0.4, 0.5) is 11.5 Å². The number of benzene rings is 1. The van der Waals surface area contributed by atoms with Gasteiger partial charge in [-0.1, -0.05) is 18.7 Å². The summed E-state index contributed by atoms with van der Waals surface area (Å²) in [4.78, 5) is 18.9. The van der Waals surface area contributed by atoms with Gasteiger partial charge in [-0.05, 0) is 42.0 Å². The third kappa shape index (κ3) is 2.90. The fourth-order valence-electron chi connectivity index (χ4n) is 4.34. The highest BCUT2D eigenvalue weighted by Gasteiger charge is 2.37. The van der Waals surface area contributed by atoms with Gasteiger partial charge in [0.05, 0.1) is 24.5 Å². The molecular weight excluding hydrogens is 376 g/mol. The van der Waals surface area contributed by atoms with Gasteiger partial charge in [0.25, 0.3) is 5.78 Å². The molecular formula is C24H22N4O2. The highest BCUT2D eigenvalue weighted by molar-refractivity contribution is 6.19. The Hall–Kier alpha value is -3.43. The van der Waals surface area contributed by atoms with Crippen molar-refractivity contribution in [3.05, 3.63) is 59.4 Å². The number of carbonyl (C=O) groups is 1. The summed E-state index contributed by atoms with van der Waals surface area (Å²) in [5.74, 6) is 0.290. The molecule has 2 aliphatic heterocycles. The van der Waals surface area contributed by atoms with Gasteiger partial charge >= 0.3 is 0 Å². The molecule has 0 bridgehead atoms. The van der Waals surface area contributed by atoms with Crippen LogP contribution >= 0.6 is 0 Å². The number of nitriles is 1. The van der Waals surface area contributed by atoms with E-state index >= 15 is 0 Å². The molecule has 2 aromatic rings. The lowest BCUT2D eigenvalue weighted by atomic mass is 9.85. The van der Waals surface area contributed by atoms with Crippen LogP contribution in [0.1, 0.15) is 29.5 Å². The highest BCUT2D eigenvalue weighted by Crippen LogP contribution is 2.47. The molecule has 3 heterocycles. The highest BCUT2D eigenvalue weighted by atomic mass is 16.5. The Morgan fingerprint density at radius 3 is 2.87 bits per heavy atom. The molecule has 0 radical (unpaired) electrons. The number of nitrogens with zero attached hydrogens (tertiary/aromatic N) is 3. The number of fused-ring (bicyclic) bond motifs is 5. The molecule has 1 N–H and O–H groups in total. The number of ketones is 1. The van der Waals surface area contributed by atoms with E-state index in [0.717, 1.165) is 53.0 Å². The molecule has 0 unspecified atom stereocenters. The predicted molar refractivity (Wildman–Crippen MR) is 116 cm³/mol. The minimum atomic E-state index is -0.548. The van der Waals surface area contributed by atoms with Crippen molar-refractivity contribution in [1.82, 2.24) is 4.98 Å². The molecule has 0 saturated heterocycles. The molecule has 0 spiro atoms. The van der Waals surface area contributed by atoms with E-state index in [9.17, 15) is 10.1 Å². The van der Waals surface area contributed by atoms with Crippen molar-refractivity contribution in [2.75, 3.05) is 23.9 Å². The second-order valence-corrected chi connectivity index (χ2v) is 7.87. The summed E-state index contributed by atoms with van der Waals surface area (Å²) in [6.07, 6.45) is 6.69. The van der Waals surface area contributed by atoms with Gasteiger partial charge in [-0.15, -0.1) is 0 Å². The van der Waals surface area contributed by atoms with Crippen LogP contribution in [0.25, 0.3) is 16.7 Å². The van der Waals surface area contributed by atoms with E-state index in [-0.39, 0.29) is 0 Å². The third-order valence-electron chi connectivity index (χ3n) is 6.04. The van der Waals surface area contributed by atoms with Crippen LogP contribution in [0.15, 0.2) is 42.7 Å². The minimum Gasteiger partial charge on any atom is -0.376 e. The molecule has 3 aliphatic rings. The lowest BCUT2D eigenvalue weighted by molar-refractivity contribution is -0.110. The Morgan fingerprint density at radius 1 is 1.33 bits per heavy atom. The van der Waals surface area contributed by atoms with Gasteiger partial charge in [0, 0.05) is 42.2 Å². The van der Waals surface area contributed by atoms with Crippen LogP contribution in [0.3, 0.4) is 0 Å². The van der Waals surface area contributed by atoms with Crippen LogP contribution in [-0.2, 0) is 22.6 Å². The molecule has 5 rings (SSSR count). The lowest BCUT2D eigenvalue weighted by Crippen LogP contribution is -2.27. The second-order valence-electron chi connectivity index (χ2n) is 7.87. The van der Waals surface area contributed by atoms with E-state index in [1.807, 2.05) is 25.5 Å². The van der Waals surface area contributed by atoms with Crippen LogP contribution in [-0.4, -0.2) is 30.5 Å². The normalized spacial score (nSPS) is 17.5. The zero-order valence-electron chi connectivity index (χ0n) is 16.9. The zero-order valence-corrected chi connectivity index (χ0v) is 16.9. The summed E-state index contributed by atoms with van der Waals surface area (Å²) in [5.41, 5.74) is 7.40. The van der Waals surface area contributed by atoms with Crippen molar-refractivity contribution in [2.24, 2.45) is 0 Å². The lowest BCUT2D eigenvalue weighted by Gasteiger charge is -2.34. The zero-order chi connectivity index (χ0) is 20.8. The van der Waals surface area contributed by atoms with Crippen LogP contribution in [0.5, 0.6) is 0 Å². The van der Waals surface area contributed by atoms with Gasteiger partial charge in [-0.25, -0.2) is 4.98 Å². The van der Waals surface area contributed by atoms with Crippen LogP contribution in [0.2, 0.25) is 0 Å². The summed E-state index contributed by atoms with van der Waals surface area (Å²) in [6.45, 7) is 5.26. The third-order valence-corrected chi connectivity index (χ3v) is 6.04. The first-order chi connectivity index (χ1) is 14.6. The van der Waals surface area contributed by atoms with Crippen molar-refractivity contribution < 1.29 is 9.53 Å². The summed E-state index contributed by atoms with van der Waals surface area (Å²) < 4.78 is 6.04. The number of pyridine rings is 1.